The number of carbonyl (C=O) groups excluding carboxylic acids is 2. The highest BCUT2D eigenvalue weighted by Crippen LogP contribution is 2.36. The molecule has 7 nitrogen and oxygen atoms in total. The van der Waals surface area contributed by atoms with Crippen molar-refractivity contribution in [1.82, 2.24) is 0 Å². The van der Waals surface area contributed by atoms with Crippen molar-refractivity contribution in [1.29, 1.82) is 0 Å². The smallest absolute Gasteiger partial charge is 0.342 e. The molecule has 0 unspecified atom stereocenters. The van der Waals surface area contributed by atoms with E-state index in [1.165, 1.54) is 19.2 Å². The minimum absolute atomic E-state index is 0.0296. The van der Waals surface area contributed by atoms with E-state index in [1.54, 1.807) is 31.2 Å². The van der Waals surface area contributed by atoms with Crippen LogP contribution in [0.5, 0.6) is 0 Å². The number of nitrogens with zero attached hydrogens (tertiary/aromatic N) is 1. The van der Waals surface area contributed by atoms with Crippen LogP contribution in [0.3, 0.4) is 0 Å². The lowest BCUT2D eigenvalue weighted by Gasteiger charge is -2.29. The van der Waals surface area contributed by atoms with E-state index in [2.05, 4.69) is 0 Å². The van der Waals surface area contributed by atoms with E-state index in [-0.39, 0.29) is 16.1 Å². The van der Waals surface area contributed by atoms with E-state index in [0.717, 1.165) is 34.3 Å². The highest BCUT2D eigenvalue weighted by molar-refractivity contribution is 7.93. The Morgan fingerprint density at radius 2 is 1.67 bits per heavy atom. The molecule has 1 saturated carbocycles. The van der Waals surface area contributed by atoms with Gasteiger partial charge in [-0.15, -0.1) is 0 Å². The van der Waals surface area contributed by atoms with Gasteiger partial charge in [-0.2, -0.15) is 0 Å². The van der Waals surface area contributed by atoms with Crippen LogP contribution in [0.4, 0.5) is 5.69 Å². The van der Waals surface area contributed by atoms with Crippen LogP contribution in [-0.4, -0.2) is 27.4 Å². The number of methoxy groups -OCH3 is 1. The summed E-state index contributed by atoms with van der Waals surface area (Å²) in [6, 6.07) is 17.0. The van der Waals surface area contributed by atoms with Gasteiger partial charge in [-0.1, -0.05) is 49.6 Å². The number of furan rings is 1. The number of sulfonamides is 1. The lowest BCUT2D eigenvalue weighted by Crippen LogP contribution is -2.41. The third-order valence-electron chi connectivity index (χ3n) is 6.89. The molecule has 0 aliphatic heterocycles. The lowest BCUT2D eigenvalue weighted by atomic mass is 9.88. The zero-order chi connectivity index (χ0) is 25.4. The van der Waals surface area contributed by atoms with Gasteiger partial charge >= 0.3 is 5.97 Å². The normalized spacial score (nSPS) is 14.7. The molecule has 1 aliphatic carbocycles. The number of hydrogen-bond donors (Lipinski definition) is 0. The number of anilines is 1. The molecule has 0 atom stereocenters. The lowest BCUT2D eigenvalue weighted by molar-refractivity contribution is -0.122. The Balaban J connectivity index is 1.68. The molecule has 1 aromatic heterocycles. The van der Waals surface area contributed by atoms with Gasteiger partial charge in [0.1, 0.15) is 16.9 Å². The number of fused-ring (bicyclic) bond motifs is 2. The number of carbonyl (C=O) groups is 2. The zero-order valence-corrected chi connectivity index (χ0v) is 21.0. The third kappa shape index (κ3) is 4.15. The summed E-state index contributed by atoms with van der Waals surface area (Å²) < 4.78 is 39.7. The van der Waals surface area contributed by atoms with Gasteiger partial charge in [-0.05, 0) is 60.9 Å². The summed E-state index contributed by atoms with van der Waals surface area (Å²) in [6.07, 6.45) is 4.08. The van der Waals surface area contributed by atoms with Gasteiger partial charge in [0, 0.05) is 11.3 Å². The maximum Gasteiger partial charge on any atom is 0.342 e. The summed E-state index contributed by atoms with van der Waals surface area (Å²) in [4.78, 5) is 26.3. The number of amides is 1. The first-order chi connectivity index (χ1) is 17.3. The molecule has 0 N–H and O–H groups in total. The first-order valence-electron chi connectivity index (χ1n) is 12.0. The predicted octanol–water partition coefficient (Wildman–Crippen LogP) is 5.98. The van der Waals surface area contributed by atoms with Crippen LogP contribution in [-0.2, 0) is 19.6 Å². The molecule has 1 heterocycles. The van der Waals surface area contributed by atoms with Crippen molar-refractivity contribution in [2.24, 2.45) is 5.92 Å². The van der Waals surface area contributed by atoms with Crippen molar-refractivity contribution in [3.05, 3.63) is 72.0 Å². The number of aryl methyl sites for hydroxylation is 1. The highest BCUT2D eigenvalue weighted by Gasteiger charge is 2.36. The van der Waals surface area contributed by atoms with E-state index in [0.29, 0.717) is 29.6 Å². The Morgan fingerprint density at radius 3 is 2.39 bits per heavy atom. The van der Waals surface area contributed by atoms with Crippen molar-refractivity contribution < 1.29 is 27.2 Å². The molecule has 3 aromatic carbocycles. The second kappa shape index (κ2) is 9.43. The maximum atomic E-state index is 14.1. The van der Waals surface area contributed by atoms with E-state index >= 15 is 0 Å². The zero-order valence-electron chi connectivity index (χ0n) is 20.2. The molecule has 0 radical (unpaired) electrons. The number of hydrogen-bond acceptors (Lipinski definition) is 6. The summed E-state index contributed by atoms with van der Waals surface area (Å²) in [7, 11) is -2.99. The van der Waals surface area contributed by atoms with Crippen LogP contribution < -0.4 is 4.31 Å². The molecule has 4 aromatic rings. The first-order valence-corrected chi connectivity index (χ1v) is 13.4. The van der Waals surface area contributed by atoms with Crippen LogP contribution >= 0.6 is 0 Å². The SMILES string of the molecule is COC(=O)c1c(C)oc2ccc(N(C(=O)C3CCCCC3)S(=O)(=O)c3ccc4ccccc4c3)cc12. The van der Waals surface area contributed by atoms with Crippen LogP contribution in [0.25, 0.3) is 21.7 Å². The standard InChI is InChI=1S/C28H27NO6S/c1-18-26(28(31)34-2)24-17-22(13-15-25(24)35-18)29(27(30)20-9-4-3-5-10-20)36(32,33)23-14-12-19-8-6-7-11-21(19)16-23/h6-8,11-17,20H,3-5,9-10H2,1-2H3. The second-order valence-corrected chi connectivity index (χ2v) is 10.9. The monoisotopic (exact) mass is 505 g/mol. The van der Waals surface area contributed by atoms with Crippen molar-refractivity contribution in [2.45, 2.75) is 43.9 Å². The highest BCUT2D eigenvalue weighted by atomic mass is 32.2. The Bertz CT molecular complexity index is 1580. The van der Waals surface area contributed by atoms with Crippen LogP contribution in [0, 0.1) is 12.8 Å². The number of esters is 1. The van der Waals surface area contributed by atoms with Gasteiger partial charge in [-0.25, -0.2) is 17.5 Å². The minimum atomic E-state index is -4.26. The fraction of sp³-hybridized carbons (Fsp3) is 0.286. The molecule has 1 fully saturated rings. The largest absolute Gasteiger partial charge is 0.465 e. The van der Waals surface area contributed by atoms with Crippen LogP contribution in [0.15, 0.2) is 70.0 Å². The summed E-state index contributed by atoms with van der Waals surface area (Å²) in [5, 5.41) is 2.06. The fourth-order valence-electron chi connectivity index (χ4n) is 5.02. The Morgan fingerprint density at radius 1 is 0.944 bits per heavy atom. The molecule has 8 heteroatoms. The molecule has 1 amide bonds. The van der Waals surface area contributed by atoms with Crippen molar-refractivity contribution in [3.8, 4) is 0 Å². The summed E-state index contributed by atoms with van der Waals surface area (Å²) >= 11 is 0. The van der Waals surface area contributed by atoms with Gasteiger partial charge in [-0.3, -0.25) is 4.79 Å². The Kier molecular flexibility index (Phi) is 6.30. The summed E-state index contributed by atoms with van der Waals surface area (Å²) in [5.74, 6) is -1.08. The van der Waals surface area contributed by atoms with Crippen molar-refractivity contribution in [2.75, 3.05) is 11.4 Å². The average molecular weight is 506 g/mol. The fourth-order valence-corrected chi connectivity index (χ4v) is 6.53. The molecule has 0 bridgehead atoms. The second-order valence-electron chi connectivity index (χ2n) is 9.16. The van der Waals surface area contributed by atoms with Gasteiger partial charge < -0.3 is 9.15 Å². The first kappa shape index (κ1) is 24.1. The van der Waals surface area contributed by atoms with Gasteiger partial charge in [0.15, 0.2) is 0 Å². The predicted molar refractivity (Wildman–Crippen MR) is 137 cm³/mol. The quantitative estimate of drug-likeness (QED) is 0.310. The Labute approximate surface area is 209 Å². The van der Waals surface area contributed by atoms with E-state index in [1.807, 2.05) is 24.3 Å². The van der Waals surface area contributed by atoms with Gasteiger partial charge in [0.05, 0.1) is 17.7 Å². The maximum absolute atomic E-state index is 14.1. The summed E-state index contributed by atoms with van der Waals surface area (Å²) in [6.45, 7) is 1.64. The molecule has 36 heavy (non-hydrogen) atoms. The van der Waals surface area contributed by atoms with Gasteiger partial charge in [0.2, 0.25) is 5.91 Å². The third-order valence-corrected chi connectivity index (χ3v) is 8.61. The van der Waals surface area contributed by atoms with E-state index in [9.17, 15) is 18.0 Å². The number of ether oxygens (including phenoxy) is 1. The topological polar surface area (TPSA) is 93.9 Å². The molecule has 1 aliphatic rings. The number of rotatable bonds is 5. The van der Waals surface area contributed by atoms with Crippen LogP contribution in [0.2, 0.25) is 0 Å². The van der Waals surface area contributed by atoms with Crippen molar-refractivity contribution >= 4 is 49.3 Å². The van der Waals surface area contributed by atoms with E-state index < -0.39 is 27.8 Å². The minimum Gasteiger partial charge on any atom is -0.465 e. The number of benzene rings is 3. The molecular weight excluding hydrogens is 478 g/mol. The van der Waals surface area contributed by atoms with Crippen molar-refractivity contribution in [3.63, 3.8) is 0 Å². The molecule has 0 spiro atoms. The molecule has 186 valence electrons. The van der Waals surface area contributed by atoms with Crippen LogP contribution in [0.1, 0.15) is 48.2 Å². The van der Waals surface area contributed by atoms with E-state index in [4.69, 9.17) is 9.15 Å². The molecule has 5 rings (SSSR count). The average Bonchev–Trinajstić information content (AvgIpc) is 3.23. The molecule has 0 saturated heterocycles. The summed E-state index contributed by atoms with van der Waals surface area (Å²) in [5.41, 5.74) is 0.782. The Hall–Kier alpha value is -3.65. The van der Waals surface area contributed by atoms with Gasteiger partial charge in [0.25, 0.3) is 10.0 Å². The molecular formula is C28H27NO6S.